The summed E-state index contributed by atoms with van der Waals surface area (Å²) in [5.41, 5.74) is 4.67. The molecule has 0 saturated carbocycles. The number of fused-ring (bicyclic) bond motifs is 1. The van der Waals surface area contributed by atoms with Crippen LogP contribution >= 0.6 is 15.9 Å². The second kappa shape index (κ2) is 2.71. The lowest BCUT2D eigenvalue weighted by molar-refractivity contribution is 0.601. The molecule has 1 N–H and O–H groups in total. The number of hydrogen-bond donors (Lipinski definition) is 1. The van der Waals surface area contributed by atoms with E-state index in [1.54, 1.807) is 6.07 Å². The first-order chi connectivity index (χ1) is 5.70. The zero-order valence-corrected chi connectivity index (χ0v) is 8.15. The van der Waals surface area contributed by atoms with Crippen molar-refractivity contribution in [1.82, 2.24) is 5.43 Å². The number of nitrogens with one attached hydrogen (secondary N) is 1. The van der Waals surface area contributed by atoms with E-state index < -0.39 is 0 Å². The molecule has 0 aliphatic carbocycles. The quantitative estimate of drug-likeness (QED) is 0.734. The van der Waals surface area contributed by atoms with Crippen molar-refractivity contribution >= 4 is 21.6 Å². The van der Waals surface area contributed by atoms with Gasteiger partial charge in [-0.15, -0.1) is 0 Å². The Balaban J connectivity index is 2.60. The molecule has 4 heteroatoms. The topological polar surface area (TPSA) is 15.3 Å². The number of halogens is 2. The fourth-order valence-electron chi connectivity index (χ4n) is 1.35. The lowest BCUT2D eigenvalue weighted by Crippen LogP contribution is -2.26. The Morgan fingerprint density at radius 3 is 3.08 bits per heavy atom. The van der Waals surface area contributed by atoms with Crippen molar-refractivity contribution in [2.24, 2.45) is 0 Å². The normalized spacial score (nSPS) is 15.1. The maximum absolute atomic E-state index is 13.4. The molecule has 0 unspecified atom stereocenters. The highest BCUT2D eigenvalue weighted by molar-refractivity contribution is 9.10. The maximum atomic E-state index is 13.4. The van der Waals surface area contributed by atoms with Crippen LogP contribution < -0.4 is 10.4 Å². The number of benzene rings is 1. The lowest BCUT2D eigenvalue weighted by Gasteiger charge is -2.11. The molecule has 64 valence electrons. The van der Waals surface area contributed by atoms with Crippen molar-refractivity contribution in [3.05, 3.63) is 28.0 Å². The predicted molar refractivity (Wildman–Crippen MR) is 49.3 cm³/mol. The highest BCUT2D eigenvalue weighted by Crippen LogP contribution is 2.30. The van der Waals surface area contributed by atoms with Gasteiger partial charge in [-0.25, -0.2) is 9.82 Å². The summed E-state index contributed by atoms with van der Waals surface area (Å²) in [6, 6.07) is 3.61. The van der Waals surface area contributed by atoms with Crippen LogP contribution in [0.3, 0.4) is 0 Å². The smallest absolute Gasteiger partial charge is 0.144 e. The molecule has 2 nitrogen and oxygen atoms in total. The van der Waals surface area contributed by atoms with Gasteiger partial charge in [0.2, 0.25) is 0 Å². The van der Waals surface area contributed by atoms with Crippen molar-refractivity contribution in [3.63, 3.8) is 0 Å². The van der Waals surface area contributed by atoms with E-state index >= 15 is 0 Å². The summed E-state index contributed by atoms with van der Waals surface area (Å²) < 4.78 is 13.9. The Bertz CT molecular complexity index is 327. The minimum absolute atomic E-state index is 0.163. The van der Waals surface area contributed by atoms with Crippen LogP contribution in [0.4, 0.5) is 10.1 Å². The number of hydrogen-bond acceptors (Lipinski definition) is 2. The molecule has 1 aliphatic rings. The number of hydrazine groups is 1. The van der Waals surface area contributed by atoms with Crippen LogP contribution in [0.2, 0.25) is 0 Å². The molecule has 0 fully saturated rings. The first-order valence-electron chi connectivity index (χ1n) is 3.64. The molecule has 0 bridgehead atoms. The fraction of sp³-hybridized carbons (Fsp3) is 0.250. The van der Waals surface area contributed by atoms with E-state index in [1.165, 1.54) is 0 Å². The van der Waals surface area contributed by atoms with Crippen molar-refractivity contribution in [2.45, 2.75) is 6.54 Å². The van der Waals surface area contributed by atoms with Gasteiger partial charge in [0.1, 0.15) is 5.82 Å². The maximum Gasteiger partial charge on any atom is 0.144 e. The summed E-state index contributed by atoms with van der Waals surface area (Å²) in [6.07, 6.45) is 0. The van der Waals surface area contributed by atoms with E-state index in [0.29, 0.717) is 11.0 Å². The van der Waals surface area contributed by atoms with E-state index in [1.807, 2.05) is 18.1 Å². The van der Waals surface area contributed by atoms with Gasteiger partial charge in [-0.2, -0.15) is 0 Å². The van der Waals surface area contributed by atoms with E-state index in [-0.39, 0.29) is 5.82 Å². The van der Waals surface area contributed by atoms with Crippen molar-refractivity contribution in [2.75, 3.05) is 12.1 Å². The van der Waals surface area contributed by atoms with Gasteiger partial charge in [-0.3, -0.25) is 0 Å². The zero-order valence-electron chi connectivity index (χ0n) is 6.56. The van der Waals surface area contributed by atoms with Gasteiger partial charge in [-0.1, -0.05) is 0 Å². The third-order valence-corrected chi connectivity index (χ3v) is 2.64. The first kappa shape index (κ1) is 8.01. The molecule has 0 spiro atoms. The fourth-order valence-corrected chi connectivity index (χ4v) is 1.72. The van der Waals surface area contributed by atoms with E-state index in [4.69, 9.17) is 0 Å². The molecule has 0 saturated heterocycles. The average molecular weight is 231 g/mol. The Morgan fingerprint density at radius 1 is 1.58 bits per heavy atom. The van der Waals surface area contributed by atoms with Crippen LogP contribution in [-0.4, -0.2) is 7.05 Å². The van der Waals surface area contributed by atoms with Crippen LogP contribution in [0.15, 0.2) is 16.6 Å². The molecule has 0 aromatic heterocycles. The highest BCUT2D eigenvalue weighted by atomic mass is 79.9. The molecule has 0 amide bonds. The molecule has 1 heterocycles. The Labute approximate surface area is 78.5 Å². The SMILES string of the molecule is CN1NCc2c1ccc(Br)c2F. The van der Waals surface area contributed by atoms with Gasteiger partial charge >= 0.3 is 0 Å². The minimum atomic E-state index is -0.163. The van der Waals surface area contributed by atoms with Crippen molar-refractivity contribution in [1.29, 1.82) is 0 Å². The summed E-state index contributed by atoms with van der Waals surface area (Å²) in [5.74, 6) is -0.163. The molecule has 1 aromatic carbocycles. The second-order valence-corrected chi connectivity index (χ2v) is 3.61. The minimum Gasteiger partial charge on any atom is -0.311 e. The van der Waals surface area contributed by atoms with Crippen LogP contribution in [0.25, 0.3) is 0 Å². The predicted octanol–water partition coefficient (Wildman–Crippen LogP) is 2.04. The third kappa shape index (κ3) is 1.03. The Kier molecular flexibility index (Phi) is 1.81. The van der Waals surface area contributed by atoms with Crippen LogP contribution in [-0.2, 0) is 6.54 Å². The third-order valence-electron chi connectivity index (χ3n) is 2.03. The number of nitrogens with zero attached hydrogens (tertiary/aromatic N) is 1. The number of rotatable bonds is 0. The Morgan fingerprint density at radius 2 is 2.33 bits per heavy atom. The molecule has 1 aliphatic heterocycles. The van der Waals surface area contributed by atoms with E-state index in [0.717, 1.165) is 11.3 Å². The summed E-state index contributed by atoms with van der Waals surface area (Å²) in [4.78, 5) is 0. The van der Waals surface area contributed by atoms with Gasteiger partial charge < -0.3 is 5.01 Å². The van der Waals surface area contributed by atoms with Crippen molar-refractivity contribution < 1.29 is 4.39 Å². The monoisotopic (exact) mass is 230 g/mol. The highest BCUT2D eigenvalue weighted by Gasteiger charge is 2.20. The van der Waals surface area contributed by atoms with Crippen molar-refractivity contribution in [3.8, 4) is 0 Å². The van der Waals surface area contributed by atoms with Gasteiger partial charge in [-0.05, 0) is 28.1 Å². The molecular formula is C8H8BrFN2. The summed E-state index contributed by atoms with van der Waals surface area (Å²) >= 11 is 3.15. The van der Waals surface area contributed by atoms with Crippen LogP contribution in [0.5, 0.6) is 0 Å². The molecule has 12 heavy (non-hydrogen) atoms. The Hall–Kier alpha value is -0.610. The molecule has 1 aromatic rings. The van der Waals surface area contributed by atoms with E-state index in [9.17, 15) is 4.39 Å². The second-order valence-electron chi connectivity index (χ2n) is 2.75. The summed E-state index contributed by atoms with van der Waals surface area (Å²) in [7, 11) is 1.87. The van der Waals surface area contributed by atoms with Crippen LogP contribution in [0.1, 0.15) is 5.56 Å². The summed E-state index contributed by atoms with van der Waals surface area (Å²) in [6.45, 7) is 0.567. The average Bonchev–Trinajstić information content (AvgIpc) is 2.41. The molecule has 2 rings (SSSR count). The molecular weight excluding hydrogens is 223 g/mol. The van der Waals surface area contributed by atoms with Gasteiger partial charge in [0.25, 0.3) is 0 Å². The van der Waals surface area contributed by atoms with Crippen LogP contribution in [0, 0.1) is 5.82 Å². The van der Waals surface area contributed by atoms with Gasteiger partial charge in [0.05, 0.1) is 10.2 Å². The lowest BCUT2D eigenvalue weighted by atomic mass is 10.2. The molecule has 0 radical (unpaired) electrons. The van der Waals surface area contributed by atoms with Gasteiger partial charge in [0, 0.05) is 19.2 Å². The standard InChI is InChI=1S/C8H8BrFN2/c1-12-7-3-2-6(9)8(10)5(7)4-11-12/h2-3,11H,4H2,1H3. The summed E-state index contributed by atoms with van der Waals surface area (Å²) in [5, 5.41) is 1.82. The first-order valence-corrected chi connectivity index (χ1v) is 4.43. The van der Waals surface area contributed by atoms with E-state index in [2.05, 4.69) is 21.4 Å². The largest absolute Gasteiger partial charge is 0.311 e. The molecule has 0 atom stereocenters. The number of anilines is 1. The zero-order chi connectivity index (χ0) is 8.72. The van der Waals surface area contributed by atoms with Gasteiger partial charge in [0.15, 0.2) is 0 Å².